The van der Waals surface area contributed by atoms with Gasteiger partial charge in [0.1, 0.15) is 0 Å². The molecule has 4 nitrogen and oxygen atoms in total. The molecule has 0 aliphatic rings. The average molecular weight is 369 g/mol. The van der Waals surface area contributed by atoms with Gasteiger partial charge in [-0.3, -0.25) is 0 Å². The molecular weight excluding hydrogens is 346 g/mol. The molecule has 0 aliphatic carbocycles. The minimum Gasteiger partial charge on any atom is -0.388 e. The number of hydrogen-bond acceptors (Lipinski definition) is 3. The molecule has 1 atom stereocenters. The molecule has 0 bridgehead atoms. The number of nitrogens with zero attached hydrogens (tertiary/aromatic N) is 1. The fourth-order valence-corrected chi connectivity index (χ4v) is 4.44. The molecule has 0 aliphatic heterocycles. The number of aromatic nitrogens is 1. The normalized spacial score (nSPS) is 13.1. The number of benzene rings is 2. The molecular formula is C21H23NO3S. The first-order chi connectivity index (χ1) is 12.2. The highest BCUT2D eigenvalue weighted by Crippen LogP contribution is 2.32. The van der Waals surface area contributed by atoms with Gasteiger partial charge in [-0.1, -0.05) is 34.9 Å². The van der Waals surface area contributed by atoms with Crippen molar-refractivity contribution >= 4 is 20.9 Å². The summed E-state index contributed by atoms with van der Waals surface area (Å²) in [5, 5.41) is 11.3. The Balaban J connectivity index is 2.23. The second-order valence-electron chi connectivity index (χ2n) is 6.90. The minimum atomic E-state index is -3.75. The van der Waals surface area contributed by atoms with E-state index in [1.165, 1.54) is 10.2 Å². The summed E-state index contributed by atoms with van der Waals surface area (Å²) in [7, 11) is -3.75. The van der Waals surface area contributed by atoms with Gasteiger partial charge in [0.15, 0.2) is 0 Å². The fourth-order valence-electron chi connectivity index (χ4n) is 3.07. The van der Waals surface area contributed by atoms with E-state index in [-0.39, 0.29) is 4.90 Å². The highest BCUT2D eigenvalue weighted by atomic mass is 32.2. The quantitative estimate of drug-likeness (QED) is 0.674. The van der Waals surface area contributed by atoms with Crippen LogP contribution in [0.3, 0.4) is 0 Å². The maximum absolute atomic E-state index is 13.2. The Morgan fingerprint density at radius 2 is 1.73 bits per heavy atom. The van der Waals surface area contributed by atoms with E-state index in [1.807, 2.05) is 32.9 Å². The number of aryl methyl sites for hydroxylation is 2. The third kappa shape index (κ3) is 3.32. The van der Waals surface area contributed by atoms with Gasteiger partial charge in [-0.25, -0.2) is 12.4 Å². The Morgan fingerprint density at radius 3 is 2.35 bits per heavy atom. The first kappa shape index (κ1) is 18.4. The highest BCUT2D eigenvalue weighted by Gasteiger charge is 2.23. The molecule has 0 spiro atoms. The highest BCUT2D eigenvalue weighted by molar-refractivity contribution is 7.90. The lowest BCUT2D eigenvalue weighted by molar-refractivity contribution is 0.180. The first-order valence-corrected chi connectivity index (χ1v) is 9.90. The molecule has 2 aromatic carbocycles. The molecule has 0 saturated heterocycles. The molecule has 3 rings (SSSR count). The van der Waals surface area contributed by atoms with Gasteiger partial charge in [0.2, 0.25) is 0 Å². The van der Waals surface area contributed by atoms with E-state index in [4.69, 9.17) is 0 Å². The summed E-state index contributed by atoms with van der Waals surface area (Å²) in [4.78, 5) is 0.224. The van der Waals surface area contributed by atoms with E-state index < -0.39 is 16.1 Å². The van der Waals surface area contributed by atoms with Crippen molar-refractivity contribution in [1.29, 1.82) is 0 Å². The molecule has 1 N–H and O–H groups in total. The summed E-state index contributed by atoms with van der Waals surface area (Å²) >= 11 is 0. The van der Waals surface area contributed by atoms with Crippen molar-refractivity contribution in [3.05, 3.63) is 77.5 Å². The number of aliphatic hydroxyl groups excluding tert-OH is 1. The summed E-state index contributed by atoms with van der Waals surface area (Å²) in [6, 6.07) is 12.3. The minimum absolute atomic E-state index is 0.224. The van der Waals surface area contributed by atoms with Crippen LogP contribution in [0, 0.1) is 13.8 Å². The Bertz CT molecular complexity index is 1080. The monoisotopic (exact) mass is 369 g/mol. The van der Waals surface area contributed by atoms with Crippen LogP contribution in [0.1, 0.15) is 36.1 Å². The van der Waals surface area contributed by atoms with Crippen LogP contribution in [0.25, 0.3) is 10.9 Å². The lowest BCUT2D eigenvalue weighted by Crippen LogP contribution is -2.12. The zero-order valence-corrected chi connectivity index (χ0v) is 16.0. The molecule has 1 heterocycles. The maximum atomic E-state index is 13.2. The van der Waals surface area contributed by atoms with Crippen molar-refractivity contribution in [2.45, 2.75) is 38.2 Å². The van der Waals surface area contributed by atoms with Crippen LogP contribution >= 0.6 is 0 Å². The predicted molar refractivity (Wildman–Crippen MR) is 105 cm³/mol. The molecule has 5 heteroatoms. The van der Waals surface area contributed by atoms with Gasteiger partial charge in [-0.15, -0.1) is 6.58 Å². The number of hydrogen-bond donors (Lipinski definition) is 1. The third-order valence-electron chi connectivity index (χ3n) is 4.44. The van der Waals surface area contributed by atoms with Gasteiger partial charge in [0.25, 0.3) is 10.0 Å². The van der Waals surface area contributed by atoms with Crippen LogP contribution in [0.2, 0.25) is 0 Å². The zero-order chi connectivity index (χ0) is 19.1. The number of fused-ring (bicyclic) bond motifs is 1. The van der Waals surface area contributed by atoms with Gasteiger partial charge in [-0.2, -0.15) is 0 Å². The van der Waals surface area contributed by atoms with Gasteiger partial charge in [-0.05, 0) is 51.5 Å². The Hall–Kier alpha value is -2.37. The van der Waals surface area contributed by atoms with Crippen molar-refractivity contribution in [2.75, 3.05) is 0 Å². The summed E-state index contributed by atoms with van der Waals surface area (Å²) in [5.74, 6) is 0. The maximum Gasteiger partial charge on any atom is 0.268 e. The van der Waals surface area contributed by atoms with Crippen molar-refractivity contribution in [2.24, 2.45) is 0 Å². The SMILES string of the molecule is C=C(C)CC(O)c1cn(S(=O)(=O)c2ccc(C)cc2)c2ccc(C)cc12. The first-order valence-electron chi connectivity index (χ1n) is 8.46. The van der Waals surface area contributed by atoms with Crippen LogP contribution in [-0.2, 0) is 10.0 Å². The summed E-state index contributed by atoms with van der Waals surface area (Å²) < 4.78 is 27.6. The summed E-state index contributed by atoms with van der Waals surface area (Å²) in [6.45, 7) is 9.55. The van der Waals surface area contributed by atoms with Crippen molar-refractivity contribution < 1.29 is 13.5 Å². The van der Waals surface area contributed by atoms with E-state index in [2.05, 4.69) is 6.58 Å². The van der Waals surface area contributed by atoms with E-state index in [0.29, 0.717) is 17.5 Å². The fraction of sp³-hybridized carbons (Fsp3) is 0.238. The molecule has 1 aromatic heterocycles. The number of aliphatic hydroxyl groups is 1. The second kappa shape index (κ2) is 6.74. The molecule has 0 saturated carbocycles. The van der Waals surface area contributed by atoms with Crippen LogP contribution in [0.15, 0.2) is 65.7 Å². The molecule has 1 unspecified atom stereocenters. The van der Waals surface area contributed by atoms with Crippen LogP contribution in [0.4, 0.5) is 0 Å². The molecule has 0 radical (unpaired) electrons. The van der Waals surface area contributed by atoms with E-state index in [1.54, 1.807) is 30.3 Å². The molecule has 26 heavy (non-hydrogen) atoms. The van der Waals surface area contributed by atoms with Crippen LogP contribution < -0.4 is 0 Å². The lowest BCUT2D eigenvalue weighted by Gasteiger charge is -2.09. The van der Waals surface area contributed by atoms with Crippen LogP contribution in [-0.4, -0.2) is 17.5 Å². The average Bonchev–Trinajstić information content (AvgIpc) is 2.94. The van der Waals surface area contributed by atoms with Gasteiger partial charge >= 0.3 is 0 Å². The standard InChI is InChI=1S/C21H23NO3S/c1-14(2)11-21(23)19-13-22(20-10-7-16(4)12-18(19)20)26(24,25)17-8-5-15(3)6-9-17/h5-10,12-13,21,23H,1,11H2,2-4H3. The predicted octanol–water partition coefficient (Wildman–Crippen LogP) is 4.49. The van der Waals surface area contributed by atoms with Gasteiger partial charge < -0.3 is 5.11 Å². The zero-order valence-electron chi connectivity index (χ0n) is 15.2. The topological polar surface area (TPSA) is 59.3 Å². The van der Waals surface area contributed by atoms with Gasteiger partial charge in [0.05, 0.1) is 16.5 Å². The molecule has 3 aromatic rings. The number of rotatable bonds is 5. The smallest absolute Gasteiger partial charge is 0.268 e. The molecule has 136 valence electrons. The molecule has 0 amide bonds. The van der Waals surface area contributed by atoms with Crippen molar-refractivity contribution in [3.63, 3.8) is 0 Å². The van der Waals surface area contributed by atoms with Crippen LogP contribution in [0.5, 0.6) is 0 Å². The Kier molecular flexibility index (Phi) is 4.78. The summed E-state index contributed by atoms with van der Waals surface area (Å²) in [6.07, 6.45) is 1.12. The van der Waals surface area contributed by atoms with Gasteiger partial charge in [0, 0.05) is 17.1 Å². The Labute approximate surface area is 154 Å². The van der Waals surface area contributed by atoms with E-state index in [0.717, 1.165) is 22.1 Å². The second-order valence-corrected chi connectivity index (χ2v) is 8.71. The van der Waals surface area contributed by atoms with E-state index in [9.17, 15) is 13.5 Å². The van der Waals surface area contributed by atoms with Crippen molar-refractivity contribution in [3.8, 4) is 0 Å². The lowest BCUT2D eigenvalue weighted by atomic mass is 10.0. The largest absolute Gasteiger partial charge is 0.388 e. The third-order valence-corrected chi connectivity index (χ3v) is 6.12. The van der Waals surface area contributed by atoms with Crippen molar-refractivity contribution in [1.82, 2.24) is 3.97 Å². The summed E-state index contributed by atoms with van der Waals surface area (Å²) in [5.41, 5.74) is 4.00. The molecule has 0 fully saturated rings. The van der Waals surface area contributed by atoms with E-state index >= 15 is 0 Å². The Morgan fingerprint density at radius 1 is 1.12 bits per heavy atom.